The van der Waals surface area contributed by atoms with E-state index in [1.54, 1.807) is 18.4 Å². The van der Waals surface area contributed by atoms with Crippen molar-refractivity contribution in [2.24, 2.45) is 0 Å². The van der Waals surface area contributed by atoms with Crippen LogP contribution in [0.5, 0.6) is 0 Å². The second kappa shape index (κ2) is 8.17. The van der Waals surface area contributed by atoms with E-state index in [0.717, 1.165) is 57.4 Å². The topological polar surface area (TPSA) is 25.6 Å². The van der Waals surface area contributed by atoms with Crippen molar-refractivity contribution in [1.29, 1.82) is 0 Å². The zero-order chi connectivity index (χ0) is 15.2. The quantitative estimate of drug-likeness (QED) is 0.509. The number of thiophene rings is 1. The van der Waals surface area contributed by atoms with Crippen LogP contribution < -0.4 is 4.90 Å². The molecule has 0 N–H and O–H groups in total. The molecule has 0 saturated carbocycles. The Hall–Kier alpha value is -0.560. The molecule has 0 aromatic carbocycles. The SMILES string of the molecule is CCN(CCSCCOC)c1cc(=S)c2scc(C)c2o1. The predicted molar refractivity (Wildman–Crippen MR) is 96.8 cm³/mol. The zero-order valence-corrected chi connectivity index (χ0v) is 15.1. The zero-order valence-electron chi connectivity index (χ0n) is 12.7. The van der Waals surface area contributed by atoms with Crippen molar-refractivity contribution in [2.45, 2.75) is 13.8 Å². The van der Waals surface area contributed by atoms with Crippen molar-refractivity contribution >= 4 is 51.5 Å². The maximum Gasteiger partial charge on any atom is 0.197 e. The molecule has 0 atom stereocenters. The van der Waals surface area contributed by atoms with Gasteiger partial charge in [-0.1, -0.05) is 12.2 Å². The largest absolute Gasteiger partial charge is 0.439 e. The number of methoxy groups -OCH3 is 1. The monoisotopic (exact) mass is 343 g/mol. The molecule has 3 nitrogen and oxygen atoms in total. The van der Waals surface area contributed by atoms with E-state index in [2.05, 4.69) is 24.1 Å². The lowest BCUT2D eigenvalue weighted by atomic mass is 10.3. The summed E-state index contributed by atoms with van der Waals surface area (Å²) in [5.74, 6) is 2.96. The van der Waals surface area contributed by atoms with E-state index in [9.17, 15) is 0 Å². The van der Waals surface area contributed by atoms with Gasteiger partial charge in [-0.25, -0.2) is 0 Å². The molecule has 0 radical (unpaired) electrons. The van der Waals surface area contributed by atoms with Gasteiger partial charge in [-0.2, -0.15) is 11.8 Å². The summed E-state index contributed by atoms with van der Waals surface area (Å²) in [6.45, 7) is 6.88. The Labute approximate surface area is 139 Å². The average Bonchev–Trinajstić information content (AvgIpc) is 2.85. The van der Waals surface area contributed by atoms with E-state index in [1.165, 1.54) is 0 Å². The van der Waals surface area contributed by atoms with Crippen LogP contribution in [0.4, 0.5) is 5.88 Å². The fourth-order valence-electron chi connectivity index (χ4n) is 2.04. The standard InChI is InChI=1S/C15H21NO2S3/c1-4-16(5-7-20-8-6-17-3)13-9-12(19)15-14(18-13)11(2)10-21-15/h9-10H,4-8H2,1-3H3. The van der Waals surface area contributed by atoms with E-state index in [1.807, 2.05) is 17.8 Å². The molecule has 0 unspecified atom stereocenters. The molecule has 2 rings (SSSR count). The van der Waals surface area contributed by atoms with E-state index >= 15 is 0 Å². The first-order valence-electron chi connectivity index (χ1n) is 7.01. The number of hydrogen-bond donors (Lipinski definition) is 0. The minimum Gasteiger partial charge on any atom is -0.439 e. The summed E-state index contributed by atoms with van der Waals surface area (Å²) in [5.41, 5.74) is 2.10. The van der Waals surface area contributed by atoms with Crippen molar-refractivity contribution in [1.82, 2.24) is 0 Å². The van der Waals surface area contributed by atoms with Gasteiger partial charge in [0.1, 0.15) is 0 Å². The lowest BCUT2D eigenvalue weighted by Crippen LogP contribution is -2.25. The number of thioether (sulfide) groups is 1. The number of aryl methyl sites for hydroxylation is 1. The lowest BCUT2D eigenvalue weighted by molar-refractivity contribution is 0.218. The van der Waals surface area contributed by atoms with Gasteiger partial charge in [0.05, 0.1) is 15.8 Å². The molecule has 0 aliphatic carbocycles. The van der Waals surface area contributed by atoms with E-state index in [-0.39, 0.29) is 0 Å². The Bertz CT molecular complexity index is 635. The van der Waals surface area contributed by atoms with Crippen molar-refractivity contribution < 1.29 is 9.15 Å². The van der Waals surface area contributed by atoms with E-state index < -0.39 is 0 Å². The Morgan fingerprint density at radius 2 is 2.24 bits per heavy atom. The van der Waals surface area contributed by atoms with Crippen LogP contribution in [0.1, 0.15) is 12.5 Å². The molecule has 2 aromatic heterocycles. The number of nitrogens with zero attached hydrogens (tertiary/aromatic N) is 1. The van der Waals surface area contributed by atoms with E-state index in [4.69, 9.17) is 21.4 Å². The highest BCUT2D eigenvalue weighted by molar-refractivity contribution is 7.99. The molecule has 0 aliphatic heterocycles. The fourth-order valence-corrected chi connectivity index (χ4v) is 4.10. The van der Waals surface area contributed by atoms with Crippen LogP contribution in [0.25, 0.3) is 10.3 Å². The van der Waals surface area contributed by atoms with Gasteiger partial charge >= 0.3 is 0 Å². The minimum absolute atomic E-state index is 0.803. The van der Waals surface area contributed by atoms with Crippen molar-refractivity contribution in [3.63, 3.8) is 0 Å². The third-order valence-electron chi connectivity index (χ3n) is 3.23. The van der Waals surface area contributed by atoms with Gasteiger partial charge in [-0.3, -0.25) is 0 Å². The Morgan fingerprint density at radius 1 is 1.43 bits per heavy atom. The molecule has 0 bridgehead atoms. The van der Waals surface area contributed by atoms with Gasteiger partial charge in [0, 0.05) is 43.3 Å². The highest BCUT2D eigenvalue weighted by atomic mass is 32.2. The first-order chi connectivity index (χ1) is 10.2. The van der Waals surface area contributed by atoms with Crippen LogP contribution in [0.15, 0.2) is 15.9 Å². The first kappa shape index (κ1) is 16.8. The summed E-state index contributed by atoms with van der Waals surface area (Å²) >= 11 is 9.05. The average molecular weight is 344 g/mol. The number of hydrogen-bond acceptors (Lipinski definition) is 6. The van der Waals surface area contributed by atoms with Crippen LogP contribution in [0.3, 0.4) is 0 Å². The first-order valence-corrected chi connectivity index (χ1v) is 9.45. The molecule has 6 heteroatoms. The van der Waals surface area contributed by atoms with Gasteiger partial charge < -0.3 is 14.1 Å². The molecule has 2 aromatic rings. The molecule has 0 fully saturated rings. The molecule has 2 heterocycles. The summed E-state index contributed by atoms with van der Waals surface area (Å²) in [7, 11) is 1.74. The summed E-state index contributed by atoms with van der Waals surface area (Å²) in [4.78, 5) is 2.24. The molecule has 21 heavy (non-hydrogen) atoms. The normalized spacial score (nSPS) is 11.2. The van der Waals surface area contributed by atoms with Crippen LogP contribution in [-0.4, -0.2) is 38.3 Å². The number of anilines is 1. The van der Waals surface area contributed by atoms with Gasteiger partial charge in [-0.05, 0) is 19.2 Å². The molecular formula is C15H21NO2S3. The van der Waals surface area contributed by atoms with Crippen molar-refractivity contribution in [2.75, 3.05) is 43.2 Å². The molecule has 0 spiro atoms. The highest BCUT2D eigenvalue weighted by Crippen LogP contribution is 2.31. The van der Waals surface area contributed by atoms with Crippen LogP contribution >= 0.6 is 35.3 Å². The van der Waals surface area contributed by atoms with Gasteiger partial charge in [0.15, 0.2) is 11.5 Å². The molecule has 0 aliphatic rings. The third kappa shape index (κ3) is 4.22. The number of fused-ring (bicyclic) bond motifs is 1. The summed E-state index contributed by atoms with van der Waals surface area (Å²) in [5, 5.41) is 2.10. The van der Waals surface area contributed by atoms with Crippen LogP contribution in [0.2, 0.25) is 0 Å². The lowest BCUT2D eigenvalue weighted by Gasteiger charge is -2.21. The highest BCUT2D eigenvalue weighted by Gasteiger charge is 2.11. The second-order valence-corrected chi connectivity index (χ2v) is 7.25. The van der Waals surface area contributed by atoms with Crippen LogP contribution in [0, 0.1) is 11.4 Å². The second-order valence-electron chi connectivity index (χ2n) is 4.71. The maximum absolute atomic E-state index is 6.08. The Kier molecular flexibility index (Phi) is 6.54. The summed E-state index contributed by atoms with van der Waals surface area (Å²) in [6.07, 6.45) is 0. The van der Waals surface area contributed by atoms with Gasteiger partial charge in [-0.15, -0.1) is 11.3 Å². The Balaban J connectivity index is 2.10. The summed E-state index contributed by atoms with van der Waals surface area (Å²) in [6, 6.07) is 1.98. The Morgan fingerprint density at radius 3 is 2.95 bits per heavy atom. The predicted octanol–water partition coefficient (Wildman–Crippen LogP) is 4.74. The third-order valence-corrected chi connectivity index (χ3v) is 5.72. The van der Waals surface area contributed by atoms with Crippen molar-refractivity contribution in [3.05, 3.63) is 21.5 Å². The minimum atomic E-state index is 0.803. The fraction of sp³-hybridized carbons (Fsp3) is 0.533. The number of ether oxygens (including phenoxy) is 1. The molecule has 0 saturated heterocycles. The van der Waals surface area contributed by atoms with Crippen LogP contribution in [-0.2, 0) is 4.74 Å². The van der Waals surface area contributed by atoms with E-state index in [0.29, 0.717) is 0 Å². The molecular weight excluding hydrogens is 322 g/mol. The molecule has 116 valence electrons. The smallest absolute Gasteiger partial charge is 0.197 e. The number of rotatable bonds is 8. The van der Waals surface area contributed by atoms with Gasteiger partial charge in [0.2, 0.25) is 0 Å². The molecule has 0 amide bonds. The maximum atomic E-state index is 6.08. The van der Waals surface area contributed by atoms with Crippen molar-refractivity contribution in [3.8, 4) is 0 Å². The summed E-state index contributed by atoms with van der Waals surface area (Å²) < 4.78 is 13.1. The van der Waals surface area contributed by atoms with Gasteiger partial charge in [0.25, 0.3) is 0 Å².